The summed E-state index contributed by atoms with van der Waals surface area (Å²) in [6.45, 7) is 0.244. The molecule has 0 aliphatic carbocycles. The van der Waals surface area contributed by atoms with Crippen LogP contribution in [0.3, 0.4) is 0 Å². The molecule has 9 heteroatoms. The minimum atomic E-state index is -0.418. The Morgan fingerprint density at radius 2 is 2.03 bits per heavy atom. The van der Waals surface area contributed by atoms with E-state index in [1.807, 2.05) is 0 Å². The lowest BCUT2D eigenvalue weighted by molar-refractivity contribution is 0.0498. The number of aromatic nitrogens is 1. The van der Waals surface area contributed by atoms with Crippen molar-refractivity contribution in [2.75, 3.05) is 11.9 Å². The predicted molar refractivity (Wildman–Crippen MR) is 112 cm³/mol. The van der Waals surface area contributed by atoms with Crippen LogP contribution in [0.2, 0.25) is 4.34 Å². The number of hydrogen-bond acceptors (Lipinski definition) is 6. The molecule has 2 aromatic heterocycles. The molecule has 1 atom stereocenters. The molecule has 3 heterocycles. The zero-order chi connectivity index (χ0) is 20.2. The third-order valence-corrected chi connectivity index (χ3v) is 5.39. The van der Waals surface area contributed by atoms with Gasteiger partial charge in [-0.2, -0.15) is 0 Å². The lowest BCUT2D eigenvalue weighted by Crippen LogP contribution is -2.31. The van der Waals surface area contributed by atoms with Crippen LogP contribution in [0.5, 0.6) is 0 Å². The highest BCUT2D eigenvalue weighted by Gasteiger charge is 2.21. The van der Waals surface area contributed by atoms with Crippen LogP contribution in [0.25, 0.3) is 5.70 Å². The van der Waals surface area contributed by atoms with Crippen LogP contribution in [-0.2, 0) is 4.84 Å². The summed E-state index contributed by atoms with van der Waals surface area (Å²) < 4.78 is 15.1. The van der Waals surface area contributed by atoms with E-state index < -0.39 is 11.9 Å². The van der Waals surface area contributed by atoms with Crippen molar-refractivity contribution in [3.8, 4) is 0 Å². The first kappa shape index (κ1) is 19.4. The van der Waals surface area contributed by atoms with Crippen LogP contribution in [0.1, 0.15) is 15.2 Å². The number of hydroxylamine groups is 1. The first-order valence-electron chi connectivity index (χ1n) is 8.72. The Morgan fingerprint density at radius 1 is 1.21 bits per heavy atom. The molecule has 3 aromatic rings. The lowest BCUT2D eigenvalue weighted by atomic mass is 10.1. The number of rotatable bonds is 6. The van der Waals surface area contributed by atoms with E-state index in [1.54, 1.807) is 54.9 Å². The largest absolute Gasteiger partial charge is 0.355 e. The van der Waals surface area contributed by atoms with Gasteiger partial charge in [0.2, 0.25) is 0 Å². The van der Waals surface area contributed by atoms with Gasteiger partial charge < -0.3 is 10.6 Å². The zero-order valence-corrected chi connectivity index (χ0v) is 16.6. The molecule has 4 rings (SSSR count). The number of pyridine rings is 1. The first-order valence-corrected chi connectivity index (χ1v) is 9.92. The maximum absolute atomic E-state index is 14.6. The van der Waals surface area contributed by atoms with Crippen molar-refractivity contribution >= 4 is 45.9 Å². The van der Waals surface area contributed by atoms with Gasteiger partial charge in [0.05, 0.1) is 21.5 Å². The van der Waals surface area contributed by atoms with Crippen molar-refractivity contribution in [1.82, 2.24) is 15.8 Å². The molecule has 1 unspecified atom stereocenters. The van der Waals surface area contributed by atoms with Crippen molar-refractivity contribution in [2.24, 2.45) is 0 Å². The van der Waals surface area contributed by atoms with Crippen LogP contribution in [0, 0.1) is 5.82 Å². The second-order valence-electron chi connectivity index (χ2n) is 6.21. The Bertz CT molecular complexity index is 1060. The monoisotopic (exact) mass is 430 g/mol. The average molecular weight is 431 g/mol. The third-order valence-electron chi connectivity index (χ3n) is 4.16. The molecule has 1 aliphatic heterocycles. The summed E-state index contributed by atoms with van der Waals surface area (Å²) in [6.07, 6.45) is 4.63. The van der Waals surface area contributed by atoms with E-state index in [2.05, 4.69) is 21.1 Å². The lowest BCUT2D eigenvalue weighted by Gasteiger charge is -2.10. The van der Waals surface area contributed by atoms with Crippen molar-refractivity contribution in [3.05, 3.63) is 81.5 Å². The van der Waals surface area contributed by atoms with Crippen LogP contribution < -0.4 is 16.1 Å². The van der Waals surface area contributed by atoms with E-state index in [1.165, 1.54) is 17.4 Å². The van der Waals surface area contributed by atoms with E-state index in [4.69, 9.17) is 16.4 Å². The van der Waals surface area contributed by atoms with E-state index in [0.717, 1.165) is 5.69 Å². The van der Waals surface area contributed by atoms with Crippen LogP contribution >= 0.6 is 22.9 Å². The normalized spacial score (nSPS) is 15.5. The van der Waals surface area contributed by atoms with Crippen LogP contribution in [0.4, 0.5) is 15.8 Å². The van der Waals surface area contributed by atoms with Gasteiger partial charge in [0.25, 0.3) is 5.91 Å². The molecule has 0 spiro atoms. The van der Waals surface area contributed by atoms with Gasteiger partial charge >= 0.3 is 0 Å². The number of benzene rings is 1. The summed E-state index contributed by atoms with van der Waals surface area (Å²) in [7, 11) is 0. The Kier molecular flexibility index (Phi) is 5.75. The number of anilines is 2. The van der Waals surface area contributed by atoms with Gasteiger partial charge in [-0.3, -0.25) is 20.1 Å². The Morgan fingerprint density at radius 3 is 2.76 bits per heavy atom. The molecule has 0 saturated carbocycles. The molecule has 0 fully saturated rings. The number of thiophene rings is 1. The fourth-order valence-electron chi connectivity index (χ4n) is 2.77. The number of halogens is 2. The molecule has 29 heavy (non-hydrogen) atoms. The summed E-state index contributed by atoms with van der Waals surface area (Å²) >= 11 is 7.04. The number of amides is 1. The summed E-state index contributed by atoms with van der Waals surface area (Å²) in [5.74, 6) is -0.630. The summed E-state index contributed by atoms with van der Waals surface area (Å²) in [5, 5.41) is 5.89. The molecule has 1 aromatic carbocycles. The standard InChI is InChI=1S/C20H16ClFN4O2S/c21-19-4-3-18(29-19)20(27)24-11-14-10-17(26-28-14)15-2-1-13(9-16(15)22)25-12-5-7-23-8-6-12/h1-10,14,26H,11H2,(H,23,25)(H,24,27). The van der Waals surface area contributed by atoms with Crippen molar-refractivity contribution in [1.29, 1.82) is 0 Å². The summed E-state index contributed by atoms with van der Waals surface area (Å²) in [5.41, 5.74) is 5.05. The van der Waals surface area contributed by atoms with Crippen molar-refractivity contribution in [3.63, 3.8) is 0 Å². The molecule has 6 nitrogen and oxygen atoms in total. The Hall–Kier alpha value is -2.94. The van der Waals surface area contributed by atoms with Gasteiger partial charge in [-0.15, -0.1) is 11.3 Å². The molecule has 0 radical (unpaired) electrons. The Labute approximate surface area is 175 Å². The molecule has 148 valence electrons. The van der Waals surface area contributed by atoms with Gasteiger partial charge in [-0.25, -0.2) is 4.39 Å². The molecule has 3 N–H and O–H groups in total. The smallest absolute Gasteiger partial charge is 0.261 e. The molecule has 0 saturated heterocycles. The van der Waals surface area contributed by atoms with Gasteiger partial charge in [0.1, 0.15) is 11.9 Å². The van der Waals surface area contributed by atoms with Crippen molar-refractivity contribution < 1.29 is 14.0 Å². The second-order valence-corrected chi connectivity index (χ2v) is 7.92. The Balaban J connectivity index is 1.39. The number of nitrogens with zero attached hydrogens (tertiary/aromatic N) is 1. The quantitative estimate of drug-likeness (QED) is 0.542. The van der Waals surface area contributed by atoms with E-state index in [0.29, 0.717) is 26.2 Å². The second kappa shape index (κ2) is 8.60. The molecular weight excluding hydrogens is 415 g/mol. The van der Waals surface area contributed by atoms with Crippen molar-refractivity contribution in [2.45, 2.75) is 6.10 Å². The number of carbonyl (C=O) groups is 1. The number of nitrogens with one attached hydrogen (secondary N) is 3. The summed E-state index contributed by atoms with van der Waals surface area (Å²) in [4.78, 5) is 22.0. The number of hydrogen-bond donors (Lipinski definition) is 3. The van der Waals surface area contributed by atoms with E-state index >= 15 is 0 Å². The fourth-order valence-corrected chi connectivity index (χ4v) is 3.73. The highest BCUT2D eigenvalue weighted by Crippen LogP contribution is 2.25. The van der Waals surface area contributed by atoms with Crippen LogP contribution in [0.15, 0.2) is 60.9 Å². The SMILES string of the molecule is O=C(NCC1C=C(c2ccc(Nc3ccncc3)cc2F)NO1)c1ccc(Cl)s1. The first-order chi connectivity index (χ1) is 14.1. The number of carbonyl (C=O) groups excluding carboxylic acids is 1. The summed E-state index contributed by atoms with van der Waals surface area (Å²) in [6, 6.07) is 11.8. The van der Waals surface area contributed by atoms with Gasteiger partial charge in [0.15, 0.2) is 0 Å². The topological polar surface area (TPSA) is 75.3 Å². The van der Waals surface area contributed by atoms with Gasteiger partial charge in [0, 0.05) is 29.3 Å². The van der Waals surface area contributed by atoms with E-state index in [-0.39, 0.29) is 12.5 Å². The maximum atomic E-state index is 14.6. The minimum Gasteiger partial charge on any atom is -0.355 e. The fraction of sp³-hybridized carbons (Fsp3) is 0.100. The highest BCUT2D eigenvalue weighted by atomic mass is 35.5. The maximum Gasteiger partial charge on any atom is 0.261 e. The zero-order valence-electron chi connectivity index (χ0n) is 15.0. The van der Waals surface area contributed by atoms with Gasteiger partial charge in [-0.05, 0) is 48.5 Å². The molecule has 1 aliphatic rings. The molecule has 0 bridgehead atoms. The molecular formula is C20H16ClFN4O2S. The highest BCUT2D eigenvalue weighted by molar-refractivity contribution is 7.17. The predicted octanol–water partition coefficient (Wildman–Crippen LogP) is 4.35. The third kappa shape index (κ3) is 4.73. The van der Waals surface area contributed by atoms with E-state index in [9.17, 15) is 9.18 Å². The minimum absolute atomic E-state index is 0.231. The van der Waals surface area contributed by atoms with Gasteiger partial charge in [-0.1, -0.05) is 11.6 Å². The average Bonchev–Trinajstić information content (AvgIpc) is 3.36. The molecule has 1 amide bonds. The van der Waals surface area contributed by atoms with Crippen LogP contribution in [-0.4, -0.2) is 23.5 Å².